The maximum absolute atomic E-state index is 13.9. The van der Waals surface area contributed by atoms with Gasteiger partial charge >= 0.3 is 5.97 Å². The number of hydrogen-bond acceptors (Lipinski definition) is 2. The molecule has 1 saturated carbocycles. The molecular weight excluding hydrogens is 388 g/mol. The van der Waals surface area contributed by atoms with Crippen LogP contribution < -0.4 is 0 Å². The van der Waals surface area contributed by atoms with E-state index >= 15 is 0 Å². The van der Waals surface area contributed by atoms with E-state index in [-0.39, 0.29) is 10.4 Å². The molecule has 1 aliphatic rings. The number of allylic oxidation sites excluding steroid dienone is 1. The summed E-state index contributed by atoms with van der Waals surface area (Å²) >= 11 is 16.9. The summed E-state index contributed by atoms with van der Waals surface area (Å²) in [7, 11) is 0. The smallest absolute Gasteiger partial charge is 0.310 e. The summed E-state index contributed by atoms with van der Waals surface area (Å²) in [5, 5.41) is -0.602. The monoisotopic (exact) mass is 400 g/mol. The highest BCUT2D eigenvalue weighted by atomic mass is 35.5. The number of rotatable bonds is 4. The molecule has 0 aromatic heterocycles. The molecule has 1 aromatic carbocycles. The maximum atomic E-state index is 13.9. The van der Waals surface area contributed by atoms with Crippen LogP contribution >= 0.6 is 34.8 Å². The first-order valence-corrected chi connectivity index (χ1v) is 8.14. The predicted molar refractivity (Wildman–Crippen MR) is 86.4 cm³/mol. The average molecular weight is 402 g/mol. The lowest BCUT2D eigenvalue weighted by Gasteiger charge is -2.11. The van der Waals surface area contributed by atoms with Gasteiger partial charge in [-0.1, -0.05) is 48.7 Å². The lowest BCUT2D eigenvalue weighted by atomic mass is 10.1. The molecule has 0 saturated heterocycles. The molecule has 1 aliphatic carbocycles. The lowest BCUT2D eigenvalue weighted by Crippen LogP contribution is -2.13. The minimum Gasteiger partial charge on any atom is -0.460 e. The first-order chi connectivity index (χ1) is 11.0. The second-order valence-corrected chi connectivity index (χ2v) is 7.63. The molecule has 0 spiro atoms. The van der Waals surface area contributed by atoms with Crippen LogP contribution in [0.4, 0.5) is 13.2 Å². The van der Waals surface area contributed by atoms with E-state index < -0.39 is 57.5 Å². The normalized spacial score (nSPS) is 21.4. The van der Waals surface area contributed by atoms with E-state index in [1.54, 1.807) is 0 Å². The molecule has 2 atom stereocenters. The zero-order valence-electron chi connectivity index (χ0n) is 13.0. The Hall–Kier alpha value is -0.910. The minimum atomic E-state index is -1.36. The van der Waals surface area contributed by atoms with Crippen molar-refractivity contribution in [2.24, 2.45) is 17.3 Å². The van der Waals surface area contributed by atoms with E-state index in [0.717, 1.165) is 6.92 Å². The zero-order valence-corrected chi connectivity index (χ0v) is 15.3. The van der Waals surface area contributed by atoms with E-state index in [4.69, 9.17) is 39.5 Å². The predicted octanol–water partition coefficient (Wildman–Crippen LogP) is 5.70. The molecule has 0 unspecified atom stereocenters. The van der Waals surface area contributed by atoms with Crippen molar-refractivity contribution < 1.29 is 22.7 Å². The van der Waals surface area contributed by atoms with Crippen LogP contribution in [0.15, 0.2) is 10.6 Å². The number of benzene rings is 1. The summed E-state index contributed by atoms with van der Waals surface area (Å²) < 4.78 is 46.3. The van der Waals surface area contributed by atoms with Crippen molar-refractivity contribution in [1.29, 1.82) is 0 Å². The van der Waals surface area contributed by atoms with E-state index in [1.807, 2.05) is 13.8 Å². The van der Waals surface area contributed by atoms with Crippen LogP contribution in [0.5, 0.6) is 0 Å². The number of carbonyl (C=O) groups excluding carboxylic acids is 1. The fourth-order valence-electron chi connectivity index (χ4n) is 2.72. The summed E-state index contributed by atoms with van der Waals surface area (Å²) in [6, 6.07) is 0. The van der Waals surface area contributed by atoms with Crippen molar-refractivity contribution in [1.82, 2.24) is 0 Å². The van der Waals surface area contributed by atoms with E-state index in [0.29, 0.717) is 0 Å². The Morgan fingerprint density at radius 2 is 1.79 bits per heavy atom. The molecule has 2 rings (SSSR count). The van der Waals surface area contributed by atoms with E-state index in [2.05, 4.69) is 0 Å². The largest absolute Gasteiger partial charge is 0.460 e. The van der Waals surface area contributed by atoms with Crippen molar-refractivity contribution in [3.63, 3.8) is 0 Å². The fourth-order valence-corrected chi connectivity index (χ4v) is 3.27. The quantitative estimate of drug-likeness (QED) is 0.478. The Morgan fingerprint density at radius 3 is 2.33 bits per heavy atom. The Labute approximate surface area is 152 Å². The number of carbonyl (C=O) groups is 1. The molecule has 1 aromatic rings. The third-order valence-electron chi connectivity index (χ3n) is 4.40. The molecule has 24 heavy (non-hydrogen) atoms. The second-order valence-electron chi connectivity index (χ2n) is 6.25. The lowest BCUT2D eigenvalue weighted by molar-refractivity contribution is -0.147. The Kier molecular flexibility index (Phi) is 5.48. The number of hydrogen-bond donors (Lipinski definition) is 0. The van der Waals surface area contributed by atoms with Crippen LogP contribution in [0.25, 0.3) is 0 Å². The number of halogens is 6. The van der Waals surface area contributed by atoms with Crippen LogP contribution in [0.3, 0.4) is 0 Å². The standard InChI is InChI=1S/C16H14Cl3F3O2/c1-6-12(20)11(19)7(14(22)13(6)21)5-24-15(23)10-8(4-9(17)18)16(10,2)3/h4,8,10H,5H2,1-3H3/t8-,10+/m1/s1. The molecule has 132 valence electrons. The first kappa shape index (κ1) is 19.4. The van der Waals surface area contributed by atoms with Gasteiger partial charge in [-0.25, -0.2) is 13.2 Å². The summed E-state index contributed by atoms with van der Waals surface area (Å²) in [5.74, 6) is -5.18. The van der Waals surface area contributed by atoms with Gasteiger partial charge in [0.1, 0.15) is 16.9 Å². The zero-order chi connectivity index (χ0) is 18.4. The molecule has 2 nitrogen and oxygen atoms in total. The van der Waals surface area contributed by atoms with Crippen molar-refractivity contribution in [2.75, 3.05) is 0 Å². The van der Waals surface area contributed by atoms with Gasteiger partial charge in [0.2, 0.25) is 0 Å². The van der Waals surface area contributed by atoms with Gasteiger partial charge in [0.15, 0.2) is 11.6 Å². The van der Waals surface area contributed by atoms with Gasteiger partial charge in [0.05, 0.1) is 10.9 Å². The van der Waals surface area contributed by atoms with E-state index in [9.17, 15) is 18.0 Å². The Bertz CT molecular complexity index is 699. The molecule has 0 amide bonds. The molecular formula is C16H14Cl3F3O2. The maximum Gasteiger partial charge on any atom is 0.310 e. The van der Waals surface area contributed by atoms with Gasteiger partial charge in [-0.3, -0.25) is 4.79 Å². The third kappa shape index (κ3) is 3.39. The van der Waals surface area contributed by atoms with Crippen molar-refractivity contribution in [3.8, 4) is 0 Å². The van der Waals surface area contributed by atoms with Crippen molar-refractivity contribution in [2.45, 2.75) is 27.4 Å². The highest BCUT2D eigenvalue weighted by Crippen LogP contribution is 2.60. The summed E-state index contributed by atoms with van der Waals surface area (Å²) in [6.07, 6.45) is 1.52. The molecule has 0 heterocycles. The summed E-state index contributed by atoms with van der Waals surface area (Å²) in [6.45, 7) is 4.02. The van der Waals surface area contributed by atoms with Gasteiger partial charge in [0, 0.05) is 11.1 Å². The second kappa shape index (κ2) is 6.77. The minimum absolute atomic E-state index is 0.0279. The fraction of sp³-hybridized carbons (Fsp3) is 0.438. The van der Waals surface area contributed by atoms with Crippen molar-refractivity contribution >= 4 is 40.8 Å². The summed E-state index contributed by atoms with van der Waals surface area (Å²) in [5.41, 5.74) is -1.50. The van der Waals surface area contributed by atoms with Crippen molar-refractivity contribution in [3.05, 3.63) is 44.2 Å². The molecule has 0 N–H and O–H groups in total. The molecule has 8 heteroatoms. The van der Waals surface area contributed by atoms with Gasteiger partial charge in [-0.05, 0) is 24.3 Å². The van der Waals surface area contributed by atoms with Gasteiger partial charge in [0.25, 0.3) is 0 Å². The Balaban J connectivity index is 2.16. The highest BCUT2D eigenvalue weighted by Gasteiger charge is 2.61. The SMILES string of the molecule is Cc1c(F)c(F)c(COC(=O)[C@@H]2[C@@H](C=C(Cl)Cl)C2(C)C)c(Cl)c1F. The van der Waals surface area contributed by atoms with Crippen LogP contribution in [-0.2, 0) is 16.1 Å². The summed E-state index contributed by atoms with van der Waals surface area (Å²) in [4.78, 5) is 12.2. The average Bonchev–Trinajstić information content (AvgIpc) is 3.02. The molecule has 0 bridgehead atoms. The molecule has 0 aliphatic heterocycles. The first-order valence-electron chi connectivity index (χ1n) is 7.01. The Morgan fingerprint density at radius 1 is 1.21 bits per heavy atom. The van der Waals surface area contributed by atoms with Crippen LogP contribution in [0.2, 0.25) is 5.02 Å². The topological polar surface area (TPSA) is 26.3 Å². The van der Waals surface area contributed by atoms with Crippen LogP contribution in [0, 0.1) is 41.6 Å². The van der Waals surface area contributed by atoms with Crippen LogP contribution in [-0.4, -0.2) is 5.97 Å². The number of ether oxygens (including phenoxy) is 1. The van der Waals surface area contributed by atoms with Crippen LogP contribution in [0.1, 0.15) is 25.0 Å². The number of esters is 1. The van der Waals surface area contributed by atoms with Gasteiger partial charge in [-0.15, -0.1) is 0 Å². The van der Waals surface area contributed by atoms with Gasteiger partial charge < -0.3 is 4.74 Å². The van der Waals surface area contributed by atoms with E-state index in [1.165, 1.54) is 6.08 Å². The highest BCUT2D eigenvalue weighted by molar-refractivity contribution is 6.55. The third-order valence-corrected chi connectivity index (χ3v) is 5.05. The molecule has 0 radical (unpaired) electrons. The molecule has 1 fully saturated rings. The van der Waals surface area contributed by atoms with Gasteiger partial charge in [-0.2, -0.15) is 0 Å².